The van der Waals surface area contributed by atoms with Crippen LogP contribution in [0.5, 0.6) is 11.5 Å². The maximum absolute atomic E-state index is 12.5. The SMILES string of the molecule is Cc1c(COc2cc(OCc3cccc(C#N)c3)c(CN3CCC[C@@H]4C[C@@]43C(=O)O)c3c2CCC3)cccc1-c1ccccc1. The number of likely N-dealkylation sites (tertiary alicyclic amines) is 1. The summed E-state index contributed by atoms with van der Waals surface area (Å²) in [5.74, 6) is 1.11. The van der Waals surface area contributed by atoms with Gasteiger partial charge < -0.3 is 14.6 Å². The van der Waals surface area contributed by atoms with Crippen LogP contribution < -0.4 is 9.47 Å². The van der Waals surface area contributed by atoms with Crippen LogP contribution in [0.25, 0.3) is 11.1 Å². The van der Waals surface area contributed by atoms with E-state index in [4.69, 9.17) is 9.47 Å². The second-order valence-corrected chi connectivity index (χ2v) is 12.7. The van der Waals surface area contributed by atoms with Gasteiger partial charge in [0.15, 0.2) is 0 Å². The maximum atomic E-state index is 12.5. The second-order valence-electron chi connectivity index (χ2n) is 12.7. The van der Waals surface area contributed by atoms with E-state index in [9.17, 15) is 15.2 Å². The van der Waals surface area contributed by atoms with Crippen LogP contribution in [-0.4, -0.2) is 28.1 Å². The number of carbonyl (C=O) groups is 1. The molecule has 2 aliphatic carbocycles. The van der Waals surface area contributed by atoms with Gasteiger partial charge in [-0.05, 0) is 109 Å². The topological polar surface area (TPSA) is 82.8 Å². The van der Waals surface area contributed by atoms with E-state index < -0.39 is 11.5 Å². The number of hydrogen-bond acceptors (Lipinski definition) is 5. The van der Waals surface area contributed by atoms with Crippen LogP contribution in [0.15, 0.2) is 78.9 Å². The smallest absolute Gasteiger partial charge is 0.324 e. The van der Waals surface area contributed by atoms with Gasteiger partial charge >= 0.3 is 5.97 Å². The molecule has 4 aromatic rings. The summed E-state index contributed by atoms with van der Waals surface area (Å²) in [4.78, 5) is 14.7. The summed E-state index contributed by atoms with van der Waals surface area (Å²) < 4.78 is 13.2. The highest BCUT2D eigenvalue weighted by molar-refractivity contribution is 5.83. The second kappa shape index (κ2) is 12.1. The van der Waals surface area contributed by atoms with E-state index in [0.29, 0.717) is 25.3 Å². The van der Waals surface area contributed by atoms with Crippen molar-refractivity contribution in [2.45, 2.75) is 70.7 Å². The first-order chi connectivity index (χ1) is 22.0. The molecule has 7 rings (SSSR count). The predicted octanol–water partition coefficient (Wildman–Crippen LogP) is 7.62. The molecule has 2 fully saturated rings. The zero-order chi connectivity index (χ0) is 31.0. The molecule has 2 atom stereocenters. The first kappa shape index (κ1) is 29.1. The third-order valence-corrected chi connectivity index (χ3v) is 10.1. The van der Waals surface area contributed by atoms with Gasteiger partial charge in [0.25, 0.3) is 0 Å². The molecule has 6 nitrogen and oxygen atoms in total. The van der Waals surface area contributed by atoms with Crippen LogP contribution >= 0.6 is 0 Å². The minimum absolute atomic E-state index is 0.229. The summed E-state index contributed by atoms with van der Waals surface area (Å²) in [5.41, 5.74) is 9.04. The molecule has 0 spiro atoms. The van der Waals surface area contributed by atoms with Gasteiger partial charge in [-0.3, -0.25) is 9.69 Å². The Morgan fingerprint density at radius 3 is 2.58 bits per heavy atom. The first-order valence-corrected chi connectivity index (χ1v) is 16.0. The molecule has 1 N–H and O–H groups in total. The van der Waals surface area contributed by atoms with Crippen molar-refractivity contribution in [3.63, 3.8) is 0 Å². The Morgan fingerprint density at radius 1 is 0.956 bits per heavy atom. The van der Waals surface area contributed by atoms with Crippen molar-refractivity contribution >= 4 is 5.97 Å². The van der Waals surface area contributed by atoms with Gasteiger partial charge in [-0.15, -0.1) is 0 Å². The lowest BCUT2D eigenvalue weighted by Crippen LogP contribution is -2.47. The monoisotopic (exact) mass is 598 g/mol. The van der Waals surface area contributed by atoms with Gasteiger partial charge in [0.2, 0.25) is 0 Å². The summed E-state index contributed by atoms with van der Waals surface area (Å²) in [7, 11) is 0. The number of hydrogen-bond donors (Lipinski definition) is 1. The van der Waals surface area contributed by atoms with E-state index in [-0.39, 0.29) is 5.92 Å². The van der Waals surface area contributed by atoms with Crippen LogP contribution in [0.2, 0.25) is 0 Å². The third kappa shape index (κ3) is 5.47. The number of nitriles is 1. The Balaban J connectivity index is 1.22. The van der Waals surface area contributed by atoms with Gasteiger partial charge in [-0.1, -0.05) is 60.7 Å². The normalized spacial score (nSPS) is 20.1. The van der Waals surface area contributed by atoms with E-state index in [1.165, 1.54) is 27.8 Å². The lowest BCUT2D eigenvalue weighted by molar-refractivity contribution is -0.147. The molecule has 4 aromatic carbocycles. The van der Waals surface area contributed by atoms with E-state index in [0.717, 1.165) is 73.3 Å². The van der Waals surface area contributed by atoms with Crippen molar-refractivity contribution < 1.29 is 19.4 Å². The molecule has 0 radical (unpaired) electrons. The number of benzene rings is 4. The quantitative estimate of drug-likeness (QED) is 0.202. The summed E-state index contributed by atoms with van der Waals surface area (Å²) in [6.45, 7) is 4.23. The molecule has 0 bridgehead atoms. The number of fused-ring (bicyclic) bond motifs is 2. The molecule has 228 valence electrons. The molecule has 6 heteroatoms. The summed E-state index contributed by atoms with van der Waals surface area (Å²) in [6.07, 6.45) is 5.60. The minimum atomic E-state index is -0.751. The van der Waals surface area contributed by atoms with Gasteiger partial charge in [0.05, 0.1) is 11.6 Å². The fourth-order valence-electron chi connectivity index (χ4n) is 7.62. The standard InChI is InChI=1S/C39H38N2O4/c1-26-30(13-6-15-32(26)29-11-3-2-4-12-29)25-45-36-20-37(44-24-28-10-5-9-27(19-28)22-40)35(33-16-7-17-34(33)36)23-41-18-8-14-31-21-39(31,41)38(42)43/h2-6,9-13,15,19-20,31H,7-8,14,16-18,21,23-25H2,1H3,(H,42,43)/t31-,39+/m1/s1. The zero-order valence-corrected chi connectivity index (χ0v) is 25.7. The van der Waals surface area contributed by atoms with E-state index in [2.05, 4.69) is 60.4 Å². The Morgan fingerprint density at radius 2 is 1.76 bits per heavy atom. The Kier molecular flexibility index (Phi) is 7.81. The van der Waals surface area contributed by atoms with Crippen LogP contribution in [-0.2, 0) is 37.4 Å². The van der Waals surface area contributed by atoms with Crippen molar-refractivity contribution in [3.8, 4) is 28.7 Å². The Bertz CT molecular complexity index is 1790. The lowest BCUT2D eigenvalue weighted by atomic mass is 9.96. The van der Waals surface area contributed by atoms with Crippen molar-refractivity contribution in [3.05, 3.63) is 118 Å². The highest BCUT2D eigenvalue weighted by Gasteiger charge is 2.65. The average Bonchev–Trinajstić information content (AvgIpc) is 3.65. The number of aliphatic carboxylic acids is 1. The zero-order valence-electron chi connectivity index (χ0n) is 25.7. The maximum Gasteiger partial charge on any atom is 0.324 e. The van der Waals surface area contributed by atoms with Gasteiger partial charge in [-0.25, -0.2) is 0 Å². The van der Waals surface area contributed by atoms with E-state index in [1.807, 2.05) is 30.3 Å². The molecular formula is C39H38N2O4. The summed E-state index contributed by atoms with van der Waals surface area (Å²) in [6, 6.07) is 28.5. The highest BCUT2D eigenvalue weighted by atomic mass is 16.5. The number of rotatable bonds is 10. The van der Waals surface area contributed by atoms with Crippen molar-refractivity contribution in [1.82, 2.24) is 4.90 Å². The van der Waals surface area contributed by atoms with Crippen molar-refractivity contribution in [1.29, 1.82) is 5.26 Å². The Labute approximate surface area is 264 Å². The number of carboxylic acids is 1. The third-order valence-electron chi connectivity index (χ3n) is 10.1. The van der Waals surface area contributed by atoms with Gasteiger partial charge in [-0.2, -0.15) is 5.26 Å². The van der Waals surface area contributed by atoms with E-state index in [1.54, 1.807) is 6.07 Å². The van der Waals surface area contributed by atoms with E-state index >= 15 is 0 Å². The first-order valence-electron chi connectivity index (χ1n) is 16.0. The molecule has 0 amide bonds. The highest BCUT2D eigenvalue weighted by Crippen LogP contribution is 2.55. The largest absolute Gasteiger partial charge is 0.488 e. The van der Waals surface area contributed by atoms with Crippen LogP contribution in [0.1, 0.15) is 64.6 Å². The van der Waals surface area contributed by atoms with Crippen LogP contribution in [0.4, 0.5) is 0 Å². The molecule has 45 heavy (non-hydrogen) atoms. The minimum Gasteiger partial charge on any atom is -0.488 e. The van der Waals surface area contributed by atoms with Crippen molar-refractivity contribution in [2.24, 2.45) is 5.92 Å². The molecule has 1 saturated carbocycles. The van der Waals surface area contributed by atoms with Crippen LogP contribution in [0, 0.1) is 24.2 Å². The molecule has 1 heterocycles. The van der Waals surface area contributed by atoms with Crippen molar-refractivity contribution in [2.75, 3.05) is 6.54 Å². The summed E-state index contributed by atoms with van der Waals surface area (Å²) in [5, 5.41) is 19.7. The molecule has 0 unspecified atom stereocenters. The van der Waals surface area contributed by atoms with Gasteiger partial charge in [0, 0.05) is 18.2 Å². The number of carboxylic acid groups (broad SMARTS) is 1. The number of ether oxygens (including phenoxy) is 2. The average molecular weight is 599 g/mol. The van der Waals surface area contributed by atoms with Crippen LogP contribution in [0.3, 0.4) is 0 Å². The lowest BCUT2D eigenvalue weighted by Gasteiger charge is -2.34. The number of nitrogens with zero attached hydrogens (tertiary/aromatic N) is 2. The van der Waals surface area contributed by atoms with Gasteiger partial charge in [0.1, 0.15) is 30.3 Å². The molecule has 1 saturated heterocycles. The predicted molar refractivity (Wildman–Crippen MR) is 173 cm³/mol. The molecule has 1 aliphatic heterocycles. The summed E-state index contributed by atoms with van der Waals surface area (Å²) >= 11 is 0. The fraction of sp³-hybridized carbons (Fsp3) is 0.333. The molecular weight excluding hydrogens is 560 g/mol. The number of piperidine rings is 1. The molecule has 0 aromatic heterocycles. The fourth-order valence-corrected chi connectivity index (χ4v) is 7.62. The molecule has 3 aliphatic rings. The Hall–Kier alpha value is -4.60.